The Morgan fingerprint density at radius 2 is 2.16 bits per heavy atom. The van der Waals surface area contributed by atoms with Crippen molar-refractivity contribution in [1.29, 1.82) is 0 Å². The third-order valence-electron chi connectivity index (χ3n) is 3.53. The molecule has 0 bridgehead atoms. The van der Waals surface area contributed by atoms with E-state index in [-0.39, 0.29) is 17.9 Å². The van der Waals surface area contributed by atoms with E-state index >= 15 is 0 Å². The van der Waals surface area contributed by atoms with Gasteiger partial charge in [-0.2, -0.15) is 0 Å². The van der Waals surface area contributed by atoms with E-state index in [1.54, 1.807) is 0 Å². The van der Waals surface area contributed by atoms with Gasteiger partial charge in [0, 0.05) is 19.1 Å². The quantitative estimate of drug-likeness (QED) is 0.914. The van der Waals surface area contributed by atoms with Gasteiger partial charge in [-0.1, -0.05) is 5.21 Å². The van der Waals surface area contributed by atoms with E-state index in [1.165, 1.54) is 19.4 Å². The number of aromatic nitrogens is 3. The zero-order valence-corrected chi connectivity index (χ0v) is 13.2. The molecular weight excluding hydrogens is 262 g/mol. The standard InChI is InChI=1S/C13H25N5.ClH/c1-13(2,3)18-10-11(15-16-18)9-17-7-5-6-12(17)8-14-4;/h10,12,14H,5-9H2,1-4H3;1H. The maximum atomic E-state index is 4.29. The molecule has 2 rings (SSSR count). The van der Waals surface area contributed by atoms with Crippen LogP contribution in [0.1, 0.15) is 39.3 Å². The number of hydrogen-bond acceptors (Lipinski definition) is 4. The van der Waals surface area contributed by atoms with Crippen molar-refractivity contribution in [2.24, 2.45) is 0 Å². The van der Waals surface area contributed by atoms with Gasteiger partial charge in [0.25, 0.3) is 0 Å². The summed E-state index contributed by atoms with van der Waals surface area (Å²) in [5, 5.41) is 11.8. The van der Waals surface area contributed by atoms with E-state index in [0.29, 0.717) is 6.04 Å². The molecule has 110 valence electrons. The first kappa shape index (κ1) is 16.4. The molecule has 6 heteroatoms. The normalized spacial score (nSPS) is 20.5. The fraction of sp³-hybridized carbons (Fsp3) is 0.846. The van der Waals surface area contributed by atoms with Crippen molar-refractivity contribution in [2.75, 3.05) is 20.1 Å². The van der Waals surface area contributed by atoms with Crippen LogP contribution in [-0.2, 0) is 12.1 Å². The van der Waals surface area contributed by atoms with Gasteiger partial charge in [0.2, 0.25) is 0 Å². The van der Waals surface area contributed by atoms with Gasteiger partial charge >= 0.3 is 0 Å². The van der Waals surface area contributed by atoms with Crippen LogP contribution in [0.4, 0.5) is 0 Å². The van der Waals surface area contributed by atoms with Crippen molar-refractivity contribution in [2.45, 2.75) is 51.7 Å². The average Bonchev–Trinajstić information content (AvgIpc) is 2.89. The van der Waals surface area contributed by atoms with E-state index in [4.69, 9.17) is 0 Å². The third-order valence-corrected chi connectivity index (χ3v) is 3.53. The van der Waals surface area contributed by atoms with E-state index in [1.807, 2.05) is 11.7 Å². The van der Waals surface area contributed by atoms with Crippen LogP contribution in [0.25, 0.3) is 0 Å². The lowest BCUT2D eigenvalue weighted by Gasteiger charge is -2.23. The molecule has 0 aliphatic carbocycles. The van der Waals surface area contributed by atoms with Crippen molar-refractivity contribution in [3.8, 4) is 0 Å². The van der Waals surface area contributed by atoms with Gasteiger partial charge < -0.3 is 5.32 Å². The molecular formula is C13H26ClN5. The zero-order valence-electron chi connectivity index (χ0n) is 12.4. The molecule has 1 saturated heterocycles. The summed E-state index contributed by atoms with van der Waals surface area (Å²) in [6.45, 7) is 9.59. The second-order valence-electron chi connectivity index (χ2n) is 6.15. The second kappa shape index (κ2) is 6.68. The molecule has 1 fully saturated rings. The predicted octanol–water partition coefficient (Wildman–Crippen LogP) is 1.64. The summed E-state index contributed by atoms with van der Waals surface area (Å²) < 4.78 is 1.95. The van der Waals surface area contributed by atoms with Crippen LogP contribution in [0, 0.1) is 0 Å². The molecule has 0 spiro atoms. The lowest BCUT2D eigenvalue weighted by molar-refractivity contribution is 0.239. The fourth-order valence-electron chi connectivity index (χ4n) is 2.48. The molecule has 1 unspecified atom stereocenters. The van der Waals surface area contributed by atoms with E-state index in [9.17, 15) is 0 Å². The number of nitrogens with zero attached hydrogens (tertiary/aromatic N) is 4. The predicted molar refractivity (Wildman–Crippen MR) is 79.6 cm³/mol. The van der Waals surface area contributed by atoms with Crippen LogP contribution >= 0.6 is 12.4 Å². The Kier molecular flexibility index (Phi) is 5.77. The van der Waals surface area contributed by atoms with Crippen molar-refractivity contribution in [3.05, 3.63) is 11.9 Å². The van der Waals surface area contributed by atoms with Gasteiger partial charge in [0.1, 0.15) is 0 Å². The molecule has 0 radical (unpaired) electrons. The molecule has 0 amide bonds. The molecule has 1 aliphatic rings. The minimum atomic E-state index is 0. The number of halogens is 1. The second-order valence-corrected chi connectivity index (χ2v) is 6.15. The van der Waals surface area contributed by atoms with Crippen LogP contribution in [0.15, 0.2) is 6.20 Å². The molecule has 5 nitrogen and oxygen atoms in total. The molecule has 1 atom stereocenters. The highest BCUT2D eigenvalue weighted by Gasteiger charge is 2.25. The fourth-order valence-corrected chi connectivity index (χ4v) is 2.48. The summed E-state index contributed by atoms with van der Waals surface area (Å²) in [7, 11) is 2.02. The van der Waals surface area contributed by atoms with Gasteiger partial charge in [-0.15, -0.1) is 17.5 Å². The zero-order chi connectivity index (χ0) is 13.2. The van der Waals surface area contributed by atoms with E-state index < -0.39 is 0 Å². The third kappa shape index (κ3) is 4.16. The Labute approximate surface area is 122 Å². The Hall–Kier alpha value is -0.650. The number of nitrogens with one attached hydrogen (secondary N) is 1. The Morgan fingerprint density at radius 3 is 2.74 bits per heavy atom. The van der Waals surface area contributed by atoms with Gasteiger partial charge in [-0.3, -0.25) is 4.90 Å². The van der Waals surface area contributed by atoms with Crippen LogP contribution in [-0.4, -0.2) is 46.1 Å². The number of likely N-dealkylation sites (tertiary alicyclic amines) is 1. The van der Waals surface area contributed by atoms with Crippen molar-refractivity contribution in [1.82, 2.24) is 25.2 Å². The summed E-state index contributed by atoms with van der Waals surface area (Å²) in [6.07, 6.45) is 4.66. The molecule has 0 aromatic carbocycles. The lowest BCUT2D eigenvalue weighted by Crippen LogP contribution is -2.36. The molecule has 1 aromatic heterocycles. The largest absolute Gasteiger partial charge is 0.318 e. The summed E-state index contributed by atoms with van der Waals surface area (Å²) in [5.74, 6) is 0. The first-order valence-electron chi connectivity index (χ1n) is 6.81. The lowest BCUT2D eigenvalue weighted by atomic mass is 10.1. The Morgan fingerprint density at radius 1 is 1.42 bits per heavy atom. The molecule has 2 heterocycles. The smallest absolute Gasteiger partial charge is 0.0967 e. The number of likely N-dealkylation sites (N-methyl/N-ethyl adjacent to an activating group) is 1. The summed E-state index contributed by atoms with van der Waals surface area (Å²) in [4.78, 5) is 2.51. The van der Waals surface area contributed by atoms with Crippen LogP contribution in [0.5, 0.6) is 0 Å². The first-order valence-corrected chi connectivity index (χ1v) is 6.81. The SMILES string of the molecule is CNCC1CCCN1Cc1cn(C(C)(C)C)nn1.Cl. The summed E-state index contributed by atoms with van der Waals surface area (Å²) in [6, 6.07) is 0.648. The van der Waals surface area contributed by atoms with Crippen molar-refractivity contribution in [3.63, 3.8) is 0 Å². The molecule has 0 saturated carbocycles. The minimum absolute atomic E-state index is 0. The van der Waals surface area contributed by atoms with Crippen LogP contribution < -0.4 is 5.32 Å². The maximum absolute atomic E-state index is 4.29. The highest BCUT2D eigenvalue weighted by molar-refractivity contribution is 5.85. The van der Waals surface area contributed by atoms with Gasteiger partial charge in [-0.25, -0.2) is 4.68 Å². The van der Waals surface area contributed by atoms with E-state index in [0.717, 1.165) is 18.8 Å². The first-order chi connectivity index (χ1) is 8.50. The van der Waals surface area contributed by atoms with Crippen molar-refractivity contribution < 1.29 is 0 Å². The summed E-state index contributed by atoms with van der Waals surface area (Å²) in [5.41, 5.74) is 1.09. The highest BCUT2D eigenvalue weighted by atomic mass is 35.5. The van der Waals surface area contributed by atoms with Crippen molar-refractivity contribution >= 4 is 12.4 Å². The molecule has 1 N–H and O–H groups in total. The number of hydrogen-bond donors (Lipinski definition) is 1. The molecule has 1 aliphatic heterocycles. The van der Waals surface area contributed by atoms with Gasteiger partial charge in [-0.05, 0) is 47.2 Å². The Balaban J connectivity index is 0.00000180. The highest BCUT2D eigenvalue weighted by Crippen LogP contribution is 2.19. The monoisotopic (exact) mass is 287 g/mol. The summed E-state index contributed by atoms with van der Waals surface area (Å²) >= 11 is 0. The minimum Gasteiger partial charge on any atom is -0.318 e. The number of rotatable bonds is 4. The van der Waals surface area contributed by atoms with E-state index in [2.05, 4.69) is 47.5 Å². The Bertz CT molecular complexity index is 385. The maximum Gasteiger partial charge on any atom is 0.0967 e. The van der Waals surface area contributed by atoms with Gasteiger partial charge in [0.05, 0.1) is 17.4 Å². The molecule has 19 heavy (non-hydrogen) atoms. The van der Waals surface area contributed by atoms with Crippen LogP contribution in [0.3, 0.4) is 0 Å². The van der Waals surface area contributed by atoms with Crippen LogP contribution in [0.2, 0.25) is 0 Å². The van der Waals surface area contributed by atoms with Gasteiger partial charge in [0.15, 0.2) is 0 Å². The topological polar surface area (TPSA) is 46.0 Å². The molecule has 1 aromatic rings. The average molecular weight is 288 g/mol.